The molecule has 166 valence electrons. The lowest BCUT2D eigenvalue weighted by Gasteiger charge is -2.16. The highest BCUT2D eigenvalue weighted by atomic mass is 32.1. The van der Waals surface area contributed by atoms with Crippen LogP contribution in [-0.4, -0.2) is 15.9 Å². The van der Waals surface area contributed by atoms with Crippen LogP contribution in [0.3, 0.4) is 0 Å². The quantitative estimate of drug-likeness (QED) is 0.481. The molecule has 0 bridgehead atoms. The highest BCUT2D eigenvalue weighted by Gasteiger charge is 2.38. The molecule has 4 rings (SSSR count). The Morgan fingerprint density at radius 3 is 2.44 bits per heavy atom. The minimum Gasteiger partial charge on any atom is -0.493 e. The van der Waals surface area contributed by atoms with E-state index in [1.54, 1.807) is 24.3 Å². The van der Waals surface area contributed by atoms with Gasteiger partial charge in [0, 0.05) is 17.4 Å². The fraction of sp³-hybridized carbons (Fsp3) is 0.143. The zero-order valence-corrected chi connectivity index (χ0v) is 16.6. The first-order valence-corrected chi connectivity index (χ1v) is 9.82. The molecule has 0 aliphatic carbocycles. The molecule has 0 spiro atoms. The molecule has 0 saturated heterocycles. The Balaban J connectivity index is 1.73. The summed E-state index contributed by atoms with van der Waals surface area (Å²) in [5, 5.41) is 10.5. The number of para-hydroxylation sites is 1. The fourth-order valence-electron chi connectivity index (χ4n) is 3.27. The minimum atomic E-state index is -5.08. The summed E-state index contributed by atoms with van der Waals surface area (Å²) in [6.07, 6.45) is -7.04. The van der Waals surface area contributed by atoms with Crippen molar-refractivity contribution in [2.75, 3.05) is 0 Å². The van der Waals surface area contributed by atoms with Crippen molar-refractivity contribution in [1.82, 2.24) is 4.57 Å². The van der Waals surface area contributed by atoms with Crippen molar-refractivity contribution in [3.05, 3.63) is 79.3 Å². The normalized spacial score (nSPS) is 14.9. The average molecular weight is 470 g/mol. The van der Waals surface area contributed by atoms with Crippen LogP contribution in [0.5, 0.6) is 5.88 Å². The van der Waals surface area contributed by atoms with E-state index in [4.69, 9.17) is 0 Å². The van der Waals surface area contributed by atoms with E-state index in [1.807, 2.05) is 0 Å². The average Bonchev–Trinajstić information content (AvgIpc) is 3.23. The molecule has 1 aliphatic heterocycles. The highest BCUT2D eigenvalue weighted by molar-refractivity contribution is 7.10. The van der Waals surface area contributed by atoms with E-state index in [-0.39, 0.29) is 10.9 Å². The molecule has 1 N–H and O–H groups in total. The Labute approximate surface area is 180 Å². The van der Waals surface area contributed by atoms with Crippen LogP contribution in [0.2, 0.25) is 0 Å². The number of hydrogen-bond donors (Lipinski definition) is 1. The molecule has 2 aromatic carbocycles. The Morgan fingerprint density at radius 1 is 1.03 bits per heavy atom. The maximum Gasteiger partial charge on any atom is 0.416 e. The third-order valence-corrected chi connectivity index (χ3v) is 5.72. The van der Waals surface area contributed by atoms with Gasteiger partial charge in [-0.15, -0.1) is 0 Å². The molecule has 0 radical (unpaired) electrons. The molecule has 11 heteroatoms. The van der Waals surface area contributed by atoms with Crippen molar-refractivity contribution in [3.8, 4) is 5.88 Å². The molecule has 1 aliphatic rings. The zero-order valence-electron chi connectivity index (χ0n) is 15.8. The number of thiazole rings is 1. The summed E-state index contributed by atoms with van der Waals surface area (Å²) < 4.78 is 79.5. The molecule has 2 heterocycles. The summed E-state index contributed by atoms with van der Waals surface area (Å²) >= 11 is 0.601. The van der Waals surface area contributed by atoms with E-state index in [1.165, 1.54) is 12.3 Å². The summed E-state index contributed by atoms with van der Waals surface area (Å²) in [6.45, 7) is -0.748. The molecular weight excluding hydrogens is 458 g/mol. The van der Waals surface area contributed by atoms with E-state index in [0.29, 0.717) is 39.3 Å². The van der Waals surface area contributed by atoms with Crippen LogP contribution in [0.4, 0.5) is 32.0 Å². The van der Waals surface area contributed by atoms with Gasteiger partial charge in [0.15, 0.2) is 0 Å². The second kappa shape index (κ2) is 7.66. The minimum absolute atomic E-state index is 0.00139. The van der Waals surface area contributed by atoms with Crippen LogP contribution in [0.1, 0.15) is 27.1 Å². The molecule has 0 amide bonds. The van der Waals surface area contributed by atoms with E-state index >= 15 is 0 Å². The summed E-state index contributed by atoms with van der Waals surface area (Å²) in [6, 6.07) is 8.28. The van der Waals surface area contributed by atoms with E-state index in [9.17, 15) is 36.2 Å². The van der Waals surface area contributed by atoms with Gasteiger partial charge in [-0.25, -0.2) is 0 Å². The predicted molar refractivity (Wildman–Crippen MR) is 108 cm³/mol. The smallest absolute Gasteiger partial charge is 0.416 e. The zero-order chi connectivity index (χ0) is 23.3. The molecule has 0 fully saturated rings. The Morgan fingerprint density at radius 2 is 1.75 bits per heavy atom. The van der Waals surface area contributed by atoms with Crippen LogP contribution < -0.4 is 4.87 Å². The number of aliphatic imine (C=N–C) groups is 1. The molecule has 32 heavy (non-hydrogen) atoms. The summed E-state index contributed by atoms with van der Waals surface area (Å²) in [4.78, 5) is 15.9. The van der Waals surface area contributed by atoms with Gasteiger partial charge in [-0.3, -0.25) is 14.4 Å². The van der Waals surface area contributed by atoms with Gasteiger partial charge in [-0.2, -0.15) is 26.3 Å². The van der Waals surface area contributed by atoms with E-state index in [0.717, 1.165) is 5.56 Å². The monoisotopic (exact) mass is 470 g/mol. The van der Waals surface area contributed by atoms with E-state index in [2.05, 4.69) is 4.99 Å². The maximum absolute atomic E-state index is 13.4. The lowest BCUT2D eigenvalue weighted by Crippen LogP contribution is -2.18. The number of halogens is 6. The number of hydrogen-bond acceptors (Lipinski definition) is 4. The van der Waals surface area contributed by atoms with Crippen molar-refractivity contribution >= 4 is 34.9 Å². The number of alkyl halides is 6. The van der Waals surface area contributed by atoms with Gasteiger partial charge >= 0.3 is 17.2 Å². The lowest BCUT2D eigenvalue weighted by atomic mass is 10.0. The number of fused-ring (bicyclic) bond motifs is 1. The van der Waals surface area contributed by atoms with Crippen molar-refractivity contribution in [1.29, 1.82) is 0 Å². The first kappa shape index (κ1) is 21.9. The summed E-state index contributed by atoms with van der Waals surface area (Å²) in [5.74, 6) is -0.585. The van der Waals surface area contributed by atoms with Gasteiger partial charge in [-0.1, -0.05) is 35.6 Å². The van der Waals surface area contributed by atoms with Crippen LogP contribution in [0.15, 0.2) is 52.3 Å². The first-order chi connectivity index (χ1) is 14.9. The standard InChI is InChI=1S/C21H12F6N2O2S/c22-20(23,24)13-6-5-11(15(8-13)21(25,26)27)10-29-18(30)17(32-19(29)31)7-12-9-28-16-4-2-1-3-14(12)16/h1-9,30H,10H2. The summed E-state index contributed by atoms with van der Waals surface area (Å²) in [7, 11) is 0. The van der Waals surface area contributed by atoms with Gasteiger partial charge in [0.25, 0.3) is 0 Å². The second-order valence-corrected chi connectivity index (χ2v) is 7.88. The Kier molecular flexibility index (Phi) is 5.24. The number of nitrogens with zero attached hydrogens (tertiary/aromatic N) is 2. The van der Waals surface area contributed by atoms with Crippen molar-refractivity contribution in [2.24, 2.45) is 4.99 Å². The molecule has 1 aromatic heterocycles. The third-order valence-electron chi connectivity index (χ3n) is 4.81. The van der Waals surface area contributed by atoms with Gasteiger partial charge in [0.2, 0.25) is 5.88 Å². The fourth-order valence-corrected chi connectivity index (χ4v) is 4.10. The Bertz CT molecular complexity index is 1320. The van der Waals surface area contributed by atoms with Crippen molar-refractivity contribution < 1.29 is 31.4 Å². The van der Waals surface area contributed by atoms with Gasteiger partial charge < -0.3 is 5.11 Å². The largest absolute Gasteiger partial charge is 0.493 e. The van der Waals surface area contributed by atoms with Crippen LogP contribution >= 0.6 is 11.3 Å². The van der Waals surface area contributed by atoms with Crippen molar-refractivity contribution in [2.45, 2.75) is 18.9 Å². The topological polar surface area (TPSA) is 54.6 Å². The number of allylic oxidation sites excluding steroid dienone is 1. The number of aromatic hydroxyl groups is 1. The van der Waals surface area contributed by atoms with Gasteiger partial charge in [-0.05, 0) is 29.8 Å². The molecule has 4 nitrogen and oxygen atoms in total. The highest BCUT2D eigenvalue weighted by Crippen LogP contribution is 2.38. The molecule has 3 aromatic rings. The number of aromatic nitrogens is 1. The first-order valence-electron chi connectivity index (χ1n) is 9.00. The van der Waals surface area contributed by atoms with Crippen molar-refractivity contribution in [3.63, 3.8) is 0 Å². The molecular formula is C21H12F6N2O2S. The Hall–Kier alpha value is -3.34. The second-order valence-electron chi connectivity index (χ2n) is 6.88. The number of benzene rings is 2. The van der Waals surface area contributed by atoms with Gasteiger partial charge in [0.05, 0.1) is 28.2 Å². The third kappa shape index (κ3) is 4.07. The van der Waals surface area contributed by atoms with Crippen LogP contribution in [-0.2, 0) is 18.9 Å². The maximum atomic E-state index is 13.4. The van der Waals surface area contributed by atoms with Crippen LogP contribution in [0, 0.1) is 0 Å². The van der Waals surface area contributed by atoms with Gasteiger partial charge in [0.1, 0.15) is 0 Å². The SMILES string of the molecule is O=c1sc(C=C2C=Nc3ccccc32)c(O)n1Cc1ccc(C(F)(F)F)cc1C(F)(F)F. The number of rotatable bonds is 3. The summed E-state index contributed by atoms with van der Waals surface area (Å²) in [5.41, 5.74) is -1.53. The van der Waals surface area contributed by atoms with E-state index < -0.39 is 46.3 Å². The predicted octanol–water partition coefficient (Wildman–Crippen LogP) is 5.96. The molecule has 0 unspecified atom stereocenters. The van der Waals surface area contributed by atoms with Crippen LogP contribution in [0.25, 0.3) is 11.6 Å². The molecule has 0 saturated carbocycles. The molecule has 0 atom stereocenters. The lowest BCUT2D eigenvalue weighted by molar-refractivity contribution is -0.143.